The van der Waals surface area contributed by atoms with Gasteiger partial charge in [-0.2, -0.15) is 0 Å². The van der Waals surface area contributed by atoms with Gasteiger partial charge in [-0.05, 0) is 12.1 Å². The maximum absolute atomic E-state index is 13.2. The van der Waals surface area contributed by atoms with E-state index in [1.807, 2.05) is 0 Å². The molecule has 0 saturated heterocycles. The van der Waals surface area contributed by atoms with Crippen molar-refractivity contribution in [2.45, 2.75) is 12.5 Å². The van der Waals surface area contributed by atoms with Crippen LogP contribution in [0.25, 0.3) is 0 Å². The second-order valence-corrected chi connectivity index (χ2v) is 3.38. The summed E-state index contributed by atoms with van der Waals surface area (Å²) in [6, 6.07) is 3.40. The Morgan fingerprint density at radius 2 is 2.21 bits per heavy atom. The fourth-order valence-electron chi connectivity index (χ4n) is 1.13. The summed E-state index contributed by atoms with van der Waals surface area (Å²) in [5.41, 5.74) is 10.7. The zero-order valence-electron chi connectivity index (χ0n) is 7.34. The summed E-state index contributed by atoms with van der Waals surface area (Å²) in [6.45, 7) is 0. The average molecular weight is 217 g/mol. The largest absolute Gasteiger partial charge is 0.370 e. The topological polar surface area (TPSA) is 69.1 Å². The standard InChI is InChI=1S/C9H10ClFN2O/c10-5-1-2-6(7(11)3-5)8(12)4-9(13)14/h1-3,8H,4,12H2,(H2,13,14)/t8-/m1/s1. The summed E-state index contributed by atoms with van der Waals surface area (Å²) in [6.07, 6.45) is -0.0848. The predicted octanol–water partition coefficient (Wildman–Crippen LogP) is 1.35. The monoisotopic (exact) mass is 216 g/mol. The fraction of sp³-hybridized carbons (Fsp3) is 0.222. The molecule has 0 saturated carbocycles. The van der Waals surface area contributed by atoms with E-state index in [1.165, 1.54) is 12.1 Å². The molecular formula is C9H10ClFN2O. The van der Waals surface area contributed by atoms with Crippen LogP contribution in [0, 0.1) is 5.82 Å². The molecule has 1 aromatic rings. The Bertz CT molecular complexity index is 357. The first-order valence-corrected chi connectivity index (χ1v) is 4.37. The van der Waals surface area contributed by atoms with Gasteiger partial charge in [-0.15, -0.1) is 0 Å². The molecule has 0 unspecified atom stereocenters. The number of halogens is 2. The fourth-order valence-corrected chi connectivity index (χ4v) is 1.29. The number of nitrogens with two attached hydrogens (primary N) is 2. The average Bonchev–Trinajstić information content (AvgIpc) is 2.01. The van der Waals surface area contributed by atoms with Crippen molar-refractivity contribution in [1.82, 2.24) is 0 Å². The van der Waals surface area contributed by atoms with Gasteiger partial charge in [0.25, 0.3) is 0 Å². The van der Waals surface area contributed by atoms with Crippen LogP contribution in [0.1, 0.15) is 18.0 Å². The highest BCUT2D eigenvalue weighted by Gasteiger charge is 2.13. The first kappa shape index (κ1) is 10.9. The minimum absolute atomic E-state index is 0.0848. The Morgan fingerprint density at radius 3 is 2.71 bits per heavy atom. The van der Waals surface area contributed by atoms with E-state index in [0.717, 1.165) is 6.07 Å². The number of carbonyl (C=O) groups excluding carboxylic acids is 1. The Hall–Kier alpha value is -1.13. The molecule has 0 spiro atoms. The van der Waals surface area contributed by atoms with Gasteiger partial charge in [-0.1, -0.05) is 17.7 Å². The lowest BCUT2D eigenvalue weighted by atomic mass is 10.0. The molecule has 4 N–H and O–H groups in total. The Kier molecular flexibility index (Phi) is 3.43. The van der Waals surface area contributed by atoms with Crippen molar-refractivity contribution < 1.29 is 9.18 Å². The number of amides is 1. The van der Waals surface area contributed by atoms with Crippen molar-refractivity contribution in [3.05, 3.63) is 34.6 Å². The number of benzene rings is 1. The lowest BCUT2D eigenvalue weighted by Crippen LogP contribution is -2.21. The summed E-state index contributed by atoms with van der Waals surface area (Å²) in [4.78, 5) is 10.6. The van der Waals surface area contributed by atoms with Crippen LogP contribution in [0.5, 0.6) is 0 Å². The van der Waals surface area contributed by atoms with Crippen molar-refractivity contribution in [3.8, 4) is 0 Å². The maximum atomic E-state index is 13.2. The van der Waals surface area contributed by atoms with Crippen LogP contribution in [-0.4, -0.2) is 5.91 Å². The van der Waals surface area contributed by atoms with Crippen molar-refractivity contribution in [1.29, 1.82) is 0 Å². The van der Waals surface area contributed by atoms with Crippen LogP contribution >= 0.6 is 11.6 Å². The first-order chi connectivity index (χ1) is 6.50. The summed E-state index contributed by atoms with van der Waals surface area (Å²) < 4.78 is 13.2. The molecule has 5 heteroatoms. The van der Waals surface area contributed by atoms with Gasteiger partial charge in [-0.25, -0.2) is 4.39 Å². The molecule has 0 aliphatic carbocycles. The minimum atomic E-state index is -0.718. The smallest absolute Gasteiger partial charge is 0.219 e. The molecule has 1 amide bonds. The molecule has 3 nitrogen and oxygen atoms in total. The molecule has 0 aromatic heterocycles. The van der Waals surface area contributed by atoms with E-state index < -0.39 is 17.8 Å². The number of rotatable bonds is 3. The van der Waals surface area contributed by atoms with E-state index in [-0.39, 0.29) is 17.0 Å². The van der Waals surface area contributed by atoms with Gasteiger partial charge in [0, 0.05) is 23.0 Å². The summed E-state index contributed by atoms with van der Waals surface area (Å²) in [5.74, 6) is -1.09. The molecule has 0 aliphatic rings. The van der Waals surface area contributed by atoms with Crippen molar-refractivity contribution in [3.63, 3.8) is 0 Å². The van der Waals surface area contributed by atoms with E-state index in [1.54, 1.807) is 0 Å². The Balaban J connectivity index is 2.90. The van der Waals surface area contributed by atoms with Crippen molar-refractivity contribution in [2.24, 2.45) is 11.5 Å². The van der Waals surface area contributed by atoms with E-state index >= 15 is 0 Å². The molecule has 14 heavy (non-hydrogen) atoms. The van der Waals surface area contributed by atoms with Gasteiger partial charge in [0.2, 0.25) is 5.91 Å². The third-order valence-corrected chi connectivity index (χ3v) is 2.02. The molecule has 0 heterocycles. The van der Waals surface area contributed by atoms with E-state index in [4.69, 9.17) is 23.1 Å². The van der Waals surface area contributed by atoms with Crippen LogP contribution in [0.2, 0.25) is 5.02 Å². The van der Waals surface area contributed by atoms with Crippen molar-refractivity contribution >= 4 is 17.5 Å². The van der Waals surface area contributed by atoms with E-state index in [9.17, 15) is 9.18 Å². The molecule has 76 valence electrons. The summed E-state index contributed by atoms with van der Waals surface area (Å²) in [5, 5.41) is 0.289. The number of primary amides is 1. The zero-order valence-corrected chi connectivity index (χ0v) is 8.09. The van der Waals surface area contributed by atoms with Crippen molar-refractivity contribution in [2.75, 3.05) is 0 Å². The zero-order chi connectivity index (χ0) is 10.7. The number of carbonyl (C=O) groups is 1. The highest BCUT2D eigenvalue weighted by atomic mass is 35.5. The third-order valence-electron chi connectivity index (χ3n) is 1.78. The molecule has 0 radical (unpaired) electrons. The predicted molar refractivity (Wildman–Crippen MR) is 52.1 cm³/mol. The van der Waals surface area contributed by atoms with E-state index in [2.05, 4.69) is 0 Å². The van der Waals surface area contributed by atoms with Crippen LogP contribution in [0.15, 0.2) is 18.2 Å². The van der Waals surface area contributed by atoms with Crippen LogP contribution in [0.4, 0.5) is 4.39 Å². The molecular weight excluding hydrogens is 207 g/mol. The second-order valence-electron chi connectivity index (χ2n) is 2.94. The van der Waals surface area contributed by atoms with Crippen LogP contribution < -0.4 is 11.5 Å². The summed E-state index contributed by atoms with van der Waals surface area (Å²) >= 11 is 5.55. The Morgan fingerprint density at radius 1 is 1.57 bits per heavy atom. The van der Waals surface area contributed by atoms with Crippen LogP contribution in [0.3, 0.4) is 0 Å². The van der Waals surface area contributed by atoms with Gasteiger partial charge in [0.15, 0.2) is 0 Å². The first-order valence-electron chi connectivity index (χ1n) is 3.99. The van der Waals surface area contributed by atoms with Gasteiger partial charge in [-0.3, -0.25) is 4.79 Å². The second kappa shape index (κ2) is 4.39. The normalized spacial score (nSPS) is 12.5. The van der Waals surface area contributed by atoms with Gasteiger partial charge in [0.1, 0.15) is 5.82 Å². The van der Waals surface area contributed by atoms with Gasteiger partial charge >= 0.3 is 0 Å². The molecule has 0 fully saturated rings. The molecule has 1 aromatic carbocycles. The SMILES string of the molecule is NC(=O)C[C@@H](N)c1ccc(Cl)cc1F. The lowest BCUT2D eigenvalue weighted by Gasteiger charge is -2.10. The van der Waals surface area contributed by atoms with Crippen LogP contribution in [-0.2, 0) is 4.79 Å². The molecule has 0 aliphatic heterocycles. The van der Waals surface area contributed by atoms with Gasteiger partial charge < -0.3 is 11.5 Å². The Labute approximate surface area is 85.8 Å². The quantitative estimate of drug-likeness (QED) is 0.801. The highest BCUT2D eigenvalue weighted by Crippen LogP contribution is 2.20. The summed E-state index contributed by atoms with van der Waals surface area (Å²) in [7, 11) is 0. The molecule has 1 rings (SSSR count). The molecule has 1 atom stereocenters. The maximum Gasteiger partial charge on any atom is 0.219 e. The number of hydrogen-bond donors (Lipinski definition) is 2. The van der Waals surface area contributed by atoms with Gasteiger partial charge in [0.05, 0.1) is 0 Å². The highest BCUT2D eigenvalue weighted by molar-refractivity contribution is 6.30. The number of hydrogen-bond acceptors (Lipinski definition) is 2. The third kappa shape index (κ3) is 2.68. The molecule has 0 bridgehead atoms. The lowest BCUT2D eigenvalue weighted by molar-refractivity contribution is -0.118. The minimum Gasteiger partial charge on any atom is -0.370 e. The van der Waals surface area contributed by atoms with E-state index in [0.29, 0.717) is 0 Å².